The van der Waals surface area contributed by atoms with Gasteiger partial charge in [0.2, 0.25) is 5.91 Å². The molecule has 1 unspecified atom stereocenters. The fraction of sp³-hybridized carbons (Fsp3) is 0.500. The Hall–Kier alpha value is -1.56. The molecule has 0 aliphatic heterocycles. The average molecular weight is 288 g/mol. The van der Waals surface area contributed by atoms with Crippen molar-refractivity contribution in [2.45, 2.75) is 32.6 Å². The minimum Gasteiger partial charge on any atom is -0.330 e. The van der Waals surface area contributed by atoms with Gasteiger partial charge in [-0.25, -0.2) is 13.2 Å². The molecule has 1 amide bonds. The molecule has 0 saturated carbocycles. The van der Waals surface area contributed by atoms with Crippen LogP contribution in [-0.2, 0) is 4.79 Å². The lowest BCUT2D eigenvalue weighted by atomic mass is 9.96. The van der Waals surface area contributed by atoms with Crippen molar-refractivity contribution in [3.8, 4) is 0 Å². The predicted octanol–water partition coefficient (Wildman–Crippen LogP) is 3.20. The molecule has 0 spiro atoms. The minimum atomic E-state index is -1.59. The number of carbonyl (C=O) groups is 1. The number of rotatable bonds is 7. The maximum Gasteiger partial charge on any atom is 0.224 e. The van der Waals surface area contributed by atoms with Gasteiger partial charge in [-0.15, -0.1) is 0 Å². The van der Waals surface area contributed by atoms with E-state index < -0.39 is 23.4 Å². The number of hydrogen-bond acceptors (Lipinski definition) is 2. The molecule has 1 aromatic rings. The van der Waals surface area contributed by atoms with Crippen molar-refractivity contribution in [3.63, 3.8) is 0 Å². The maximum absolute atomic E-state index is 13.4. The van der Waals surface area contributed by atoms with E-state index in [0.717, 1.165) is 25.0 Å². The molecular formula is C14H19F3N2O. The van der Waals surface area contributed by atoms with Gasteiger partial charge in [-0.05, 0) is 37.4 Å². The Morgan fingerprint density at radius 1 is 1.25 bits per heavy atom. The first-order chi connectivity index (χ1) is 9.49. The lowest BCUT2D eigenvalue weighted by molar-refractivity contribution is -0.116. The summed E-state index contributed by atoms with van der Waals surface area (Å²) in [7, 11) is 0. The summed E-state index contributed by atoms with van der Waals surface area (Å²) in [5.41, 5.74) is 5.11. The highest BCUT2D eigenvalue weighted by molar-refractivity contribution is 5.90. The van der Waals surface area contributed by atoms with Crippen LogP contribution in [0.4, 0.5) is 18.9 Å². The third-order valence-electron chi connectivity index (χ3n) is 3.24. The molecule has 112 valence electrons. The molecule has 1 atom stereocenters. The highest BCUT2D eigenvalue weighted by Crippen LogP contribution is 2.20. The lowest BCUT2D eigenvalue weighted by Gasteiger charge is -2.13. The van der Waals surface area contributed by atoms with E-state index in [1.54, 1.807) is 0 Å². The van der Waals surface area contributed by atoms with Crippen molar-refractivity contribution in [1.29, 1.82) is 0 Å². The molecule has 3 N–H and O–H groups in total. The molecule has 0 aromatic heterocycles. The van der Waals surface area contributed by atoms with Crippen LogP contribution in [0.25, 0.3) is 0 Å². The zero-order chi connectivity index (χ0) is 15.1. The number of benzene rings is 1. The van der Waals surface area contributed by atoms with Gasteiger partial charge < -0.3 is 11.1 Å². The zero-order valence-electron chi connectivity index (χ0n) is 11.4. The van der Waals surface area contributed by atoms with Crippen molar-refractivity contribution in [3.05, 3.63) is 29.6 Å². The van der Waals surface area contributed by atoms with Gasteiger partial charge in [-0.3, -0.25) is 4.79 Å². The Kier molecular flexibility index (Phi) is 6.51. The third kappa shape index (κ3) is 4.52. The van der Waals surface area contributed by atoms with E-state index >= 15 is 0 Å². The third-order valence-corrected chi connectivity index (χ3v) is 3.24. The van der Waals surface area contributed by atoms with Gasteiger partial charge in [-0.2, -0.15) is 0 Å². The molecule has 0 saturated heterocycles. The van der Waals surface area contributed by atoms with Crippen LogP contribution in [0.2, 0.25) is 0 Å². The summed E-state index contributed by atoms with van der Waals surface area (Å²) < 4.78 is 39.1. The molecule has 0 fully saturated rings. The van der Waals surface area contributed by atoms with Gasteiger partial charge in [0.15, 0.2) is 17.5 Å². The van der Waals surface area contributed by atoms with Gasteiger partial charge in [0.1, 0.15) is 0 Å². The molecule has 1 rings (SSSR count). The second-order valence-corrected chi connectivity index (χ2v) is 4.66. The smallest absolute Gasteiger partial charge is 0.224 e. The first kappa shape index (κ1) is 16.5. The summed E-state index contributed by atoms with van der Waals surface area (Å²) in [6.45, 7) is 2.56. The second kappa shape index (κ2) is 7.89. The summed E-state index contributed by atoms with van der Waals surface area (Å²) in [5, 5.41) is 2.25. The number of anilines is 1. The summed E-state index contributed by atoms with van der Waals surface area (Å²) in [6, 6.07) is 1.78. The van der Waals surface area contributed by atoms with E-state index in [1.165, 1.54) is 0 Å². The number of amides is 1. The van der Waals surface area contributed by atoms with Crippen LogP contribution in [0.1, 0.15) is 32.6 Å². The molecule has 0 aliphatic rings. The molecule has 0 bridgehead atoms. The second-order valence-electron chi connectivity index (χ2n) is 4.66. The Morgan fingerprint density at radius 2 is 1.95 bits per heavy atom. The number of nitrogens with one attached hydrogen (secondary N) is 1. The molecule has 1 aromatic carbocycles. The number of carbonyl (C=O) groups excluding carboxylic acids is 1. The van der Waals surface area contributed by atoms with Crippen molar-refractivity contribution < 1.29 is 18.0 Å². The van der Waals surface area contributed by atoms with Crippen LogP contribution in [0, 0.1) is 23.4 Å². The molecule has 3 nitrogen and oxygen atoms in total. The Morgan fingerprint density at radius 3 is 2.55 bits per heavy atom. The van der Waals surface area contributed by atoms with Gasteiger partial charge in [-0.1, -0.05) is 13.3 Å². The molecule has 0 heterocycles. The van der Waals surface area contributed by atoms with Gasteiger partial charge in [0, 0.05) is 6.42 Å². The number of halogens is 3. The van der Waals surface area contributed by atoms with E-state index in [9.17, 15) is 18.0 Å². The van der Waals surface area contributed by atoms with E-state index in [0.29, 0.717) is 18.9 Å². The Balaban J connectivity index is 2.57. The fourth-order valence-corrected chi connectivity index (χ4v) is 1.96. The summed E-state index contributed by atoms with van der Waals surface area (Å²) in [6.07, 6.45) is 2.55. The first-order valence-electron chi connectivity index (χ1n) is 6.63. The molecule has 0 aliphatic carbocycles. The van der Waals surface area contributed by atoms with Crippen molar-refractivity contribution >= 4 is 11.6 Å². The normalized spacial score (nSPS) is 12.2. The first-order valence-corrected chi connectivity index (χ1v) is 6.63. The van der Waals surface area contributed by atoms with Crippen LogP contribution in [0.15, 0.2) is 12.1 Å². The van der Waals surface area contributed by atoms with E-state index in [-0.39, 0.29) is 12.1 Å². The molecule has 20 heavy (non-hydrogen) atoms. The van der Waals surface area contributed by atoms with E-state index in [4.69, 9.17) is 5.73 Å². The highest BCUT2D eigenvalue weighted by atomic mass is 19.2. The van der Waals surface area contributed by atoms with E-state index in [2.05, 4.69) is 5.32 Å². The van der Waals surface area contributed by atoms with Crippen molar-refractivity contribution in [1.82, 2.24) is 0 Å². The topological polar surface area (TPSA) is 55.1 Å². The quantitative estimate of drug-likeness (QED) is 0.757. The van der Waals surface area contributed by atoms with Crippen molar-refractivity contribution in [2.24, 2.45) is 11.7 Å². The predicted molar refractivity (Wildman–Crippen MR) is 71.6 cm³/mol. The number of nitrogens with two attached hydrogens (primary N) is 1. The average Bonchev–Trinajstić information content (AvgIpc) is 2.44. The SMILES string of the molecule is CCC(CCN)CCC(=O)Nc1ccc(F)c(F)c1F. The lowest BCUT2D eigenvalue weighted by Crippen LogP contribution is -2.16. The van der Waals surface area contributed by atoms with Gasteiger partial charge >= 0.3 is 0 Å². The minimum absolute atomic E-state index is 0.191. The Bertz CT molecular complexity index is 466. The largest absolute Gasteiger partial charge is 0.330 e. The molecule has 6 heteroatoms. The van der Waals surface area contributed by atoms with Crippen LogP contribution >= 0.6 is 0 Å². The molecular weight excluding hydrogens is 269 g/mol. The zero-order valence-corrected chi connectivity index (χ0v) is 11.4. The Labute approximate surface area is 116 Å². The fourth-order valence-electron chi connectivity index (χ4n) is 1.96. The summed E-state index contributed by atoms with van der Waals surface area (Å²) >= 11 is 0. The van der Waals surface area contributed by atoms with Gasteiger partial charge in [0.25, 0.3) is 0 Å². The standard InChI is InChI=1S/C14H19F3N2O/c1-2-9(7-8-18)3-6-12(20)19-11-5-4-10(15)13(16)14(11)17/h4-5,9H,2-3,6-8,18H2,1H3,(H,19,20). The van der Waals surface area contributed by atoms with Crippen LogP contribution in [0.5, 0.6) is 0 Å². The van der Waals surface area contributed by atoms with E-state index in [1.807, 2.05) is 6.92 Å². The molecule has 0 radical (unpaired) electrons. The van der Waals surface area contributed by atoms with Crippen LogP contribution in [0.3, 0.4) is 0 Å². The van der Waals surface area contributed by atoms with Crippen molar-refractivity contribution in [2.75, 3.05) is 11.9 Å². The van der Waals surface area contributed by atoms with Crippen LogP contribution < -0.4 is 11.1 Å². The summed E-state index contributed by atoms with van der Waals surface area (Å²) in [5.74, 6) is -4.34. The van der Waals surface area contributed by atoms with Crippen LogP contribution in [-0.4, -0.2) is 12.5 Å². The summed E-state index contributed by atoms with van der Waals surface area (Å²) in [4.78, 5) is 11.7. The maximum atomic E-state index is 13.4. The number of hydrogen-bond donors (Lipinski definition) is 2. The highest BCUT2D eigenvalue weighted by Gasteiger charge is 2.15. The monoisotopic (exact) mass is 288 g/mol. The van der Waals surface area contributed by atoms with Gasteiger partial charge in [0.05, 0.1) is 5.69 Å².